The van der Waals surface area contributed by atoms with Gasteiger partial charge in [-0.1, -0.05) is 11.8 Å². The van der Waals surface area contributed by atoms with Gasteiger partial charge < -0.3 is 15.0 Å². The second-order valence-electron chi connectivity index (χ2n) is 5.26. The van der Waals surface area contributed by atoms with Crippen molar-refractivity contribution in [2.45, 2.75) is 26.4 Å². The predicted molar refractivity (Wildman–Crippen MR) is 77.2 cm³/mol. The van der Waals surface area contributed by atoms with Crippen LogP contribution in [0, 0.1) is 11.8 Å². The van der Waals surface area contributed by atoms with Crippen LogP contribution in [0.1, 0.15) is 26.3 Å². The lowest BCUT2D eigenvalue weighted by molar-refractivity contribution is 0.0535. The topological polar surface area (TPSA) is 67.0 Å². The molecule has 0 bridgehead atoms. The van der Waals surface area contributed by atoms with E-state index in [1.807, 2.05) is 32.9 Å². The van der Waals surface area contributed by atoms with Crippen LogP contribution in [0.3, 0.4) is 0 Å². The number of H-pyrrole nitrogens is 1. The van der Waals surface area contributed by atoms with Crippen molar-refractivity contribution in [2.24, 2.45) is 0 Å². The van der Waals surface area contributed by atoms with Gasteiger partial charge in [0, 0.05) is 17.8 Å². The summed E-state index contributed by atoms with van der Waals surface area (Å²) < 4.78 is 5.11. The highest BCUT2D eigenvalue weighted by molar-refractivity contribution is 5.82. The summed E-state index contributed by atoms with van der Waals surface area (Å²) in [5.41, 5.74) is 1.16. The quantitative estimate of drug-likeness (QED) is 0.783. The zero-order valence-electron chi connectivity index (χ0n) is 11.8. The number of amides is 1. The number of nitrogens with zero attached hydrogens (tertiary/aromatic N) is 1. The molecule has 0 saturated heterocycles. The van der Waals surface area contributed by atoms with Crippen LogP contribution in [0.15, 0.2) is 24.5 Å². The molecule has 104 valence electrons. The average molecular weight is 271 g/mol. The third kappa shape index (κ3) is 3.75. The van der Waals surface area contributed by atoms with Gasteiger partial charge in [0.15, 0.2) is 0 Å². The molecule has 0 spiro atoms. The van der Waals surface area contributed by atoms with Crippen LogP contribution in [0.5, 0.6) is 0 Å². The highest BCUT2D eigenvalue weighted by atomic mass is 16.6. The molecule has 0 aromatic carbocycles. The van der Waals surface area contributed by atoms with E-state index in [0.717, 1.165) is 16.6 Å². The van der Waals surface area contributed by atoms with E-state index >= 15 is 0 Å². The molecule has 2 aromatic heterocycles. The van der Waals surface area contributed by atoms with Crippen molar-refractivity contribution in [3.05, 3.63) is 30.1 Å². The molecule has 0 aliphatic heterocycles. The van der Waals surface area contributed by atoms with E-state index in [2.05, 4.69) is 27.1 Å². The molecule has 20 heavy (non-hydrogen) atoms. The van der Waals surface area contributed by atoms with Gasteiger partial charge in [-0.25, -0.2) is 9.78 Å². The summed E-state index contributed by atoms with van der Waals surface area (Å²) >= 11 is 0. The van der Waals surface area contributed by atoms with Gasteiger partial charge in [-0.05, 0) is 32.9 Å². The summed E-state index contributed by atoms with van der Waals surface area (Å²) in [6.45, 7) is 5.69. The number of alkyl carbamates (subject to hydrolysis) is 1. The Morgan fingerprint density at radius 1 is 1.50 bits per heavy atom. The predicted octanol–water partition coefficient (Wildman–Crippen LogP) is 2.44. The molecule has 1 amide bonds. The summed E-state index contributed by atoms with van der Waals surface area (Å²) in [6.07, 6.45) is 3.06. The molecule has 2 N–H and O–H groups in total. The van der Waals surface area contributed by atoms with Crippen LogP contribution in [-0.2, 0) is 4.74 Å². The number of carbonyl (C=O) groups excluding carboxylic acids is 1. The number of hydrogen-bond donors (Lipinski definition) is 2. The Morgan fingerprint density at radius 3 is 3.05 bits per heavy atom. The Kier molecular flexibility index (Phi) is 3.94. The number of fused-ring (bicyclic) bond motifs is 1. The fraction of sp³-hybridized carbons (Fsp3) is 0.333. The molecule has 2 rings (SSSR count). The monoisotopic (exact) mass is 271 g/mol. The van der Waals surface area contributed by atoms with E-state index in [1.54, 1.807) is 12.4 Å². The fourth-order valence-corrected chi connectivity index (χ4v) is 1.63. The Balaban J connectivity index is 1.94. The van der Waals surface area contributed by atoms with E-state index in [-0.39, 0.29) is 6.54 Å². The Morgan fingerprint density at radius 2 is 2.30 bits per heavy atom. The number of aromatic amines is 1. The summed E-state index contributed by atoms with van der Waals surface area (Å²) in [5, 5.41) is 3.56. The number of rotatable bonds is 1. The second-order valence-corrected chi connectivity index (χ2v) is 5.26. The van der Waals surface area contributed by atoms with Gasteiger partial charge in [-0.3, -0.25) is 0 Å². The molecule has 0 atom stereocenters. The minimum absolute atomic E-state index is 0.238. The Labute approximate surface area is 117 Å². The van der Waals surface area contributed by atoms with Crippen molar-refractivity contribution < 1.29 is 9.53 Å². The zero-order chi connectivity index (χ0) is 14.6. The first-order valence-corrected chi connectivity index (χ1v) is 6.33. The van der Waals surface area contributed by atoms with Crippen LogP contribution >= 0.6 is 0 Å². The molecule has 0 fully saturated rings. The van der Waals surface area contributed by atoms with Crippen LogP contribution in [-0.4, -0.2) is 28.2 Å². The summed E-state index contributed by atoms with van der Waals surface area (Å²) in [4.78, 5) is 18.6. The van der Waals surface area contributed by atoms with Gasteiger partial charge in [0.05, 0.1) is 12.1 Å². The molecule has 5 nitrogen and oxygen atoms in total. The lowest BCUT2D eigenvalue weighted by Gasteiger charge is -2.18. The molecule has 0 radical (unpaired) electrons. The van der Waals surface area contributed by atoms with Crippen LogP contribution in [0.4, 0.5) is 4.79 Å². The van der Waals surface area contributed by atoms with Gasteiger partial charge in [-0.15, -0.1) is 0 Å². The highest BCUT2D eigenvalue weighted by Gasteiger charge is 2.14. The van der Waals surface area contributed by atoms with Gasteiger partial charge in [0.2, 0.25) is 0 Å². The van der Waals surface area contributed by atoms with Gasteiger partial charge in [0.25, 0.3) is 0 Å². The SMILES string of the molecule is CC(C)(C)OC(=O)NCC#Cc1c[nH]c2ncccc12. The number of nitrogens with one attached hydrogen (secondary N) is 2. The largest absolute Gasteiger partial charge is 0.444 e. The average Bonchev–Trinajstić information content (AvgIpc) is 2.76. The maximum absolute atomic E-state index is 11.4. The van der Waals surface area contributed by atoms with Crippen molar-refractivity contribution in [1.29, 1.82) is 0 Å². The van der Waals surface area contributed by atoms with Crippen LogP contribution in [0.25, 0.3) is 11.0 Å². The molecule has 2 aromatic rings. The van der Waals surface area contributed by atoms with Crippen LogP contribution in [0.2, 0.25) is 0 Å². The first-order valence-electron chi connectivity index (χ1n) is 6.33. The molecule has 2 heterocycles. The van der Waals surface area contributed by atoms with Crippen molar-refractivity contribution in [3.63, 3.8) is 0 Å². The van der Waals surface area contributed by atoms with E-state index in [9.17, 15) is 4.79 Å². The summed E-state index contributed by atoms with van der Waals surface area (Å²) in [5.74, 6) is 5.88. The standard InChI is InChI=1S/C15H17N3O2/c1-15(2,3)20-14(19)17-9-4-6-11-10-18-13-12(11)7-5-8-16-13/h5,7-8,10H,9H2,1-3H3,(H,16,18)(H,17,19). The van der Waals surface area contributed by atoms with Gasteiger partial charge >= 0.3 is 6.09 Å². The molecule has 5 heteroatoms. The smallest absolute Gasteiger partial charge is 0.408 e. The molecule has 0 unspecified atom stereocenters. The lowest BCUT2D eigenvalue weighted by Crippen LogP contribution is -2.32. The zero-order valence-corrected chi connectivity index (χ0v) is 11.8. The first-order chi connectivity index (χ1) is 9.46. The molecule has 0 saturated carbocycles. The van der Waals surface area contributed by atoms with Crippen LogP contribution < -0.4 is 5.32 Å². The number of pyridine rings is 1. The van der Waals surface area contributed by atoms with Crippen molar-refractivity contribution in [2.75, 3.05) is 6.54 Å². The Hall–Kier alpha value is -2.48. The maximum atomic E-state index is 11.4. The van der Waals surface area contributed by atoms with E-state index < -0.39 is 11.7 Å². The van der Waals surface area contributed by atoms with Gasteiger partial charge in [0.1, 0.15) is 11.2 Å². The first kappa shape index (κ1) is 13.9. The Bertz CT molecular complexity index is 671. The fourth-order valence-electron chi connectivity index (χ4n) is 1.63. The van der Waals surface area contributed by atoms with Crippen molar-refractivity contribution >= 4 is 17.1 Å². The summed E-state index contributed by atoms with van der Waals surface area (Å²) in [6, 6.07) is 3.81. The van der Waals surface area contributed by atoms with E-state index in [1.165, 1.54) is 0 Å². The van der Waals surface area contributed by atoms with E-state index in [0.29, 0.717) is 0 Å². The molecule has 0 aliphatic carbocycles. The van der Waals surface area contributed by atoms with Gasteiger partial charge in [-0.2, -0.15) is 0 Å². The van der Waals surface area contributed by atoms with Crippen molar-refractivity contribution in [1.82, 2.24) is 15.3 Å². The number of ether oxygens (including phenoxy) is 1. The van der Waals surface area contributed by atoms with E-state index in [4.69, 9.17) is 4.74 Å². The minimum Gasteiger partial charge on any atom is -0.444 e. The second kappa shape index (κ2) is 5.66. The molecular weight excluding hydrogens is 254 g/mol. The number of carbonyl (C=O) groups is 1. The molecular formula is C15H17N3O2. The third-order valence-corrected chi connectivity index (χ3v) is 2.39. The van der Waals surface area contributed by atoms with Crippen molar-refractivity contribution in [3.8, 4) is 11.8 Å². The third-order valence-electron chi connectivity index (χ3n) is 2.39. The summed E-state index contributed by atoms with van der Waals surface area (Å²) in [7, 11) is 0. The lowest BCUT2D eigenvalue weighted by atomic mass is 10.2. The molecule has 0 aliphatic rings. The number of hydrogen-bond acceptors (Lipinski definition) is 3. The normalized spacial score (nSPS) is 10.8. The maximum Gasteiger partial charge on any atom is 0.408 e. The highest BCUT2D eigenvalue weighted by Crippen LogP contribution is 2.13. The number of aromatic nitrogens is 2. The minimum atomic E-state index is -0.500.